The van der Waals surface area contributed by atoms with Gasteiger partial charge in [-0.1, -0.05) is 35.5 Å². The Kier molecular flexibility index (Phi) is 4.14. The molecule has 0 radical (unpaired) electrons. The van der Waals surface area contributed by atoms with Gasteiger partial charge in [0.1, 0.15) is 0 Å². The largest absolute Gasteiger partial charge is 0.360 e. The summed E-state index contributed by atoms with van der Waals surface area (Å²) in [7, 11) is 0. The maximum atomic E-state index is 5.34. The molecule has 1 atom stereocenters. The summed E-state index contributed by atoms with van der Waals surface area (Å²) in [4.78, 5) is 2.44. The van der Waals surface area contributed by atoms with E-state index in [-0.39, 0.29) is 0 Å². The molecule has 0 bridgehead atoms. The Bertz CT molecular complexity index is 538. The Morgan fingerprint density at radius 1 is 1.35 bits per heavy atom. The van der Waals surface area contributed by atoms with Crippen LogP contribution in [0.4, 0.5) is 0 Å². The number of rotatable bonds is 3. The fourth-order valence-corrected chi connectivity index (χ4v) is 2.76. The lowest BCUT2D eigenvalue weighted by Gasteiger charge is -2.23. The Labute approximate surface area is 119 Å². The zero-order chi connectivity index (χ0) is 13.8. The first kappa shape index (κ1) is 13.3. The summed E-state index contributed by atoms with van der Waals surface area (Å²) in [6, 6.07) is 13.1. The molecule has 4 heteroatoms. The average molecular weight is 271 g/mol. The van der Waals surface area contributed by atoms with Crippen molar-refractivity contribution >= 4 is 0 Å². The van der Waals surface area contributed by atoms with Gasteiger partial charge in [-0.25, -0.2) is 0 Å². The molecule has 1 aliphatic rings. The molecule has 1 N–H and O–H groups in total. The van der Waals surface area contributed by atoms with Gasteiger partial charge in [0.25, 0.3) is 0 Å². The second-order valence-corrected chi connectivity index (χ2v) is 5.44. The molecule has 2 aromatic rings. The molecule has 1 saturated heterocycles. The summed E-state index contributed by atoms with van der Waals surface area (Å²) in [6.45, 7) is 5.96. The first-order valence-corrected chi connectivity index (χ1v) is 7.24. The normalized spacial score (nSPS) is 20.8. The molecule has 1 aliphatic heterocycles. The van der Waals surface area contributed by atoms with Gasteiger partial charge in [0.05, 0.1) is 12.2 Å². The van der Waals surface area contributed by atoms with E-state index >= 15 is 0 Å². The minimum atomic E-state index is 0.391. The van der Waals surface area contributed by atoms with Gasteiger partial charge in [0.15, 0.2) is 5.76 Å². The van der Waals surface area contributed by atoms with Gasteiger partial charge in [-0.3, -0.25) is 4.90 Å². The molecular weight excluding hydrogens is 250 g/mol. The lowest BCUT2D eigenvalue weighted by atomic mass is 10.1. The van der Waals surface area contributed by atoms with Crippen molar-refractivity contribution < 1.29 is 4.52 Å². The first-order chi connectivity index (χ1) is 9.81. The molecule has 4 nitrogen and oxygen atoms in total. The van der Waals surface area contributed by atoms with E-state index in [1.165, 1.54) is 5.56 Å². The molecular formula is C16H21N3O. The lowest BCUT2D eigenvalue weighted by Crippen LogP contribution is -2.31. The average Bonchev–Trinajstić information content (AvgIpc) is 2.74. The Hall–Kier alpha value is -1.65. The van der Waals surface area contributed by atoms with Gasteiger partial charge in [-0.15, -0.1) is 0 Å². The fraction of sp³-hybridized carbons (Fsp3) is 0.438. The van der Waals surface area contributed by atoms with Gasteiger partial charge >= 0.3 is 0 Å². The Balaban J connectivity index is 1.69. The minimum absolute atomic E-state index is 0.391. The van der Waals surface area contributed by atoms with E-state index in [1.807, 2.05) is 13.0 Å². The predicted molar refractivity (Wildman–Crippen MR) is 78.3 cm³/mol. The van der Waals surface area contributed by atoms with Crippen LogP contribution in [0, 0.1) is 6.92 Å². The quantitative estimate of drug-likeness (QED) is 0.931. The van der Waals surface area contributed by atoms with Crippen molar-refractivity contribution in [3.63, 3.8) is 0 Å². The van der Waals surface area contributed by atoms with Crippen LogP contribution in [0.3, 0.4) is 0 Å². The van der Waals surface area contributed by atoms with Crippen molar-refractivity contribution in [1.82, 2.24) is 15.4 Å². The lowest BCUT2D eigenvalue weighted by molar-refractivity contribution is 0.227. The van der Waals surface area contributed by atoms with Crippen LogP contribution in [-0.2, 0) is 6.54 Å². The smallest absolute Gasteiger partial charge is 0.150 e. The summed E-state index contributed by atoms with van der Waals surface area (Å²) in [5.41, 5.74) is 2.31. The van der Waals surface area contributed by atoms with Crippen LogP contribution in [-0.4, -0.2) is 29.7 Å². The van der Waals surface area contributed by atoms with Crippen LogP contribution in [0.5, 0.6) is 0 Å². The van der Waals surface area contributed by atoms with Crippen molar-refractivity contribution in [2.75, 3.05) is 19.6 Å². The topological polar surface area (TPSA) is 41.3 Å². The summed E-state index contributed by atoms with van der Waals surface area (Å²) in [6.07, 6.45) is 1.16. The van der Waals surface area contributed by atoms with Crippen LogP contribution < -0.4 is 5.32 Å². The third-order valence-corrected chi connectivity index (χ3v) is 3.74. The second kappa shape index (κ2) is 6.20. The van der Waals surface area contributed by atoms with Gasteiger partial charge in [0, 0.05) is 18.7 Å². The van der Waals surface area contributed by atoms with Crippen LogP contribution in [0.15, 0.2) is 40.9 Å². The van der Waals surface area contributed by atoms with Crippen molar-refractivity contribution in [3.8, 4) is 0 Å². The van der Waals surface area contributed by atoms with E-state index in [2.05, 4.69) is 45.7 Å². The molecule has 0 saturated carbocycles. The van der Waals surface area contributed by atoms with E-state index < -0.39 is 0 Å². The third-order valence-electron chi connectivity index (χ3n) is 3.74. The highest BCUT2D eigenvalue weighted by Crippen LogP contribution is 2.18. The predicted octanol–water partition coefficient (Wildman–Crippen LogP) is 2.52. The van der Waals surface area contributed by atoms with E-state index in [9.17, 15) is 0 Å². The first-order valence-electron chi connectivity index (χ1n) is 7.24. The van der Waals surface area contributed by atoms with Crippen molar-refractivity contribution in [2.24, 2.45) is 0 Å². The molecule has 1 fully saturated rings. The number of benzene rings is 1. The van der Waals surface area contributed by atoms with Gasteiger partial charge in [-0.05, 0) is 32.0 Å². The number of nitrogens with zero attached hydrogens (tertiary/aromatic N) is 2. The maximum absolute atomic E-state index is 5.34. The number of aryl methyl sites for hydroxylation is 1. The highest BCUT2D eigenvalue weighted by Gasteiger charge is 2.20. The minimum Gasteiger partial charge on any atom is -0.360 e. The Morgan fingerprint density at radius 2 is 2.20 bits per heavy atom. The van der Waals surface area contributed by atoms with Crippen LogP contribution in [0.1, 0.15) is 29.5 Å². The molecule has 0 spiro atoms. The highest BCUT2D eigenvalue weighted by atomic mass is 16.5. The molecule has 3 rings (SSSR count). The zero-order valence-electron chi connectivity index (χ0n) is 11.9. The fourth-order valence-electron chi connectivity index (χ4n) is 2.76. The summed E-state index contributed by atoms with van der Waals surface area (Å²) < 4.78 is 5.34. The monoisotopic (exact) mass is 271 g/mol. The van der Waals surface area contributed by atoms with E-state index in [1.54, 1.807) is 0 Å². The number of nitrogens with one attached hydrogen (secondary N) is 1. The molecule has 2 heterocycles. The summed E-state index contributed by atoms with van der Waals surface area (Å²) >= 11 is 0. The number of hydrogen-bond acceptors (Lipinski definition) is 4. The molecule has 0 aliphatic carbocycles. The molecule has 1 unspecified atom stereocenters. The van der Waals surface area contributed by atoms with Gasteiger partial charge in [0.2, 0.25) is 0 Å². The summed E-state index contributed by atoms with van der Waals surface area (Å²) in [5, 5.41) is 7.60. The number of hydrogen-bond donors (Lipinski definition) is 1. The molecule has 20 heavy (non-hydrogen) atoms. The Morgan fingerprint density at radius 3 is 2.95 bits per heavy atom. The van der Waals surface area contributed by atoms with Gasteiger partial charge < -0.3 is 9.84 Å². The van der Waals surface area contributed by atoms with Crippen LogP contribution in [0.25, 0.3) is 0 Å². The van der Waals surface area contributed by atoms with Crippen molar-refractivity contribution in [3.05, 3.63) is 53.4 Å². The molecule has 106 valence electrons. The van der Waals surface area contributed by atoms with E-state index in [0.29, 0.717) is 6.04 Å². The molecule has 0 amide bonds. The van der Waals surface area contributed by atoms with Crippen LogP contribution >= 0.6 is 0 Å². The molecule has 1 aromatic carbocycles. The van der Waals surface area contributed by atoms with Gasteiger partial charge in [-0.2, -0.15) is 0 Å². The van der Waals surface area contributed by atoms with Crippen molar-refractivity contribution in [1.29, 1.82) is 0 Å². The van der Waals surface area contributed by atoms with Crippen LogP contribution in [0.2, 0.25) is 0 Å². The molecule has 1 aromatic heterocycles. The summed E-state index contributed by atoms with van der Waals surface area (Å²) in [5.74, 6) is 0.955. The third kappa shape index (κ3) is 3.26. The SMILES string of the molecule is Cc1cc(CN2CCCNC(c3ccccc3)C2)on1. The van der Waals surface area contributed by atoms with E-state index in [0.717, 1.165) is 44.1 Å². The second-order valence-electron chi connectivity index (χ2n) is 5.44. The zero-order valence-corrected chi connectivity index (χ0v) is 11.9. The maximum Gasteiger partial charge on any atom is 0.150 e. The highest BCUT2D eigenvalue weighted by molar-refractivity contribution is 5.19. The van der Waals surface area contributed by atoms with Crippen molar-refractivity contribution in [2.45, 2.75) is 25.9 Å². The van der Waals surface area contributed by atoms with E-state index in [4.69, 9.17) is 4.52 Å². The number of aromatic nitrogens is 1. The standard InChI is InChI=1S/C16H21N3O/c1-13-10-15(20-18-13)11-19-9-5-8-17-16(12-19)14-6-3-2-4-7-14/h2-4,6-7,10,16-17H,5,8-9,11-12H2,1H3.